The zero-order valence-corrected chi connectivity index (χ0v) is 16.7. The minimum absolute atomic E-state index is 0.00792. The zero-order valence-electron chi connectivity index (χ0n) is 16.7. The van der Waals surface area contributed by atoms with E-state index in [9.17, 15) is 19.2 Å². The van der Waals surface area contributed by atoms with Crippen LogP contribution >= 0.6 is 0 Å². The van der Waals surface area contributed by atoms with Gasteiger partial charge in [-0.05, 0) is 59.4 Å². The van der Waals surface area contributed by atoms with E-state index < -0.39 is 35.3 Å². The van der Waals surface area contributed by atoms with Gasteiger partial charge < -0.3 is 19.4 Å². The number of hydrogen-bond acceptors (Lipinski definition) is 7. The predicted octanol–water partition coefficient (Wildman–Crippen LogP) is 3.82. The highest BCUT2D eigenvalue weighted by molar-refractivity contribution is 5.88. The Hall–Kier alpha value is -2.58. The summed E-state index contributed by atoms with van der Waals surface area (Å²) >= 11 is 0. The van der Waals surface area contributed by atoms with E-state index in [1.807, 2.05) is 0 Å². The standard InChI is InChI=1S/C18H29NO8/c1-17(2,3)25-15(23)19(16(24)26-18(4,5)6)27-14(22)12-10-8-7-9-11-13(20)21/h7-8H,9-12H2,1-6H3,(H,20,21). The van der Waals surface area contributed by atoms with Gasteiger partial charge in [0.25, 0.3) is 0 Å². The van der Waals surface area contributed by atoms with Crippen LogP contribution in [0, 0.1) is 0 Å². The molecule has 0 unspecified atom stereocenters. The average Bonchev–Trinajstić information content (AvgIpc) is 2.44. The second-order valence-corrected chi connectivity index (χ2v) is 7.66. The summed E-state index contributed by atoms with van der Waals surface area (Å²) in [7, 11) is 0. The quantitative estimate of drug-likeness (QED) is 0.539. The molecule has 0 bridgehead atoms. The predicted molar refractivity (Wildman–Crippen MR) is 95.6 cm³/mol. The first-order valence-corrected chi connectivity index (χ1v) is 8.55. The van der Waals surface area contributed by atoms with Crippen molar-refractivity contribution in [3.63, 3.8) is 0 Å². The average molecular weight is 387 g/mol. The van der Waals surface area contributed by atoms with Gasteiger partial charge in [0.15, 0.2) is 0 Å². The third-order valence-corrected chi connectivity index (χ3v) is 2.52. The Bertz CT molecular complexity index is 541. The maximum absolute atomic E-state index is 12.2. The van der Waals surface area contributed by atoms with Crippen LogP contribution in [0.4, 0.5) is 9.59 Å². The van der Waals surface area contributed by atoms with Crippen LogP contribution in [-0.2, 0) is 23.9 Å². The van der Waals surface area contributed by atoms with Crippen molar-refractivity contribution < 1.29 is 38.6 Å². The Morgan fingerprint density at radius 3 is 1.59 bits per heavy atom. The smallest absolute Gasteiger partial charge is 0.454 e. The molecule has 9 heteroatoms. The Morgan fingerprint density at radius 2 is 1.22 bits per heavy atom. The molecule has 0 aromatic rings. The van der Waals surface area contributed by atoms with E-state index in [0.717, 1.165) is 0 Å². The Labute approximate surface area is 159 Å². The van der Waals surface area contributed by atoms with E-state index >= 15 is 0 Å². The number of allylic oxidation sites excluding steroid dienone is 2. The van der Waals surface area contributed by atoms with E-state index in [4.69, 9.17) is 19.4 Å². The van der Waals surface area contributed by atoms with Gasteiger partial charge in [0.2, 0.25) is 0 Å². The van der Waals surface area contributed by atoms with Crippen LogP contribution in [0.3, 0.4) is 0 Å². The van der Waals surface area contributed by atoms with Gasteiger partial charge in [-0.3, -0.25) is 4.79 Å². The van der Waals surface area contributed by atoms with Crippen LogP contribution in [0.25, 0.3) is 0 Å². The first-order chi connectivity index (χ1) is 12.2. The lowest BCUT2D eigenvalue weighted by molar-refractivity contribution is -0.179. The number of rotatable bonds is 6. The SMILES string of the molecule is CC(C)(C)OC(=O)N(OC(=O)CCC=CCCC(=O)O)C(=O)OC(C)(C)C. The molecule has 0 rings (SSSR count). The summed E-state index contributed by atoms with van der Waals surface area (Å²) in [6.07, 6.45) is 1.39. The van der Waals surface area contributed by atoms with E-state index in [1.165, 1.54) is 0 Å². The molecule has 154 valence electrons. The Balaban J connectivity index is 4.83. The van der Waals surface area contributed by atoms with Crippen molar-refractivity contribution in [1.82, 2.24) is 5.06 Å². The molecule has 0 spiro atoms. The summed E-state index contributed by atoms with van der Waals surface area (Å²) in [4.78, 5) is 51.5. The molecular weight excluding hydrogens is 358 g/mol. The summed E-state index contributed by atoms with van der Waals surface area (Å²) in [5.41, 5.74) is -1.81. The van der Waals surface area contributed by atoms with Gasteiger partial charge in [-0.15, -0.1) is 0 Å². The minimum atomic E-state index is -1.16. The topological polar surface area (TPSA) is 119 Å². The van der Waals surface area contributed by atoms with Crippen molar-refractivity contribution in [3.8, 4) is 0 Å². The van der Waals surface area contributed by atoms with Crippen LogP contribution in [0.2, 0.25) is 0 Å². The largest absolute Gasteiger partial charge is 0.481 e. The Morgan fingerprint density at radius 1 is 0.815 bits per heavy atom. The fraction of sp³-hybridized carbons (Fsp3) is 0.667. The maximum atomic E-state index is 12.2. The molecule has 27 heavy (non-hydrogen) atoms. The molecule has 0 aromatic heterocycles. The number of imide groups is 1. The van der Waals surface area contributed by atoms with Gasteiger partial charge in [0.05, 0.1) is 6.42 Å². The molecule has 0 aliphatic carbocycles. The minimum Gasteiger partial charge on any atom is -0.481 e. The van der Waals surface area contributed by atoms with Crippen molar-refractivity contribution in [2.75, 3.05) is 0 Å². The van der Waals surface area contributed by atoms with Crippen molar-refractivity contribution >= 4 is 24.1 Å². The molecule has 1 N–H and O–H groups in total. The summed E-state index contributed by atoms with van der Waals surface area (Å²) in [5.74, 6) is -1.75. The number of aliphatic carboxylic acids is 1. The number of ether oxygens (including phenoxy) is 2. The monoisotopic (exact) mass is 387 g/mol. The molecule has 0 saturated carbocycles. The molecule has 0 aliphatic heterocycles. The number of hydrogen-bond donors (Lipinski definition) is 1. The normalized spacial score (nSPS) is 11.8. The van der Waals surface area contributed by atoms with Crippen molar-refractivity contribution in [2.24, 2.45) is 0 Å². The fourth-order valence-corrected chi connectivity index (χ4v) is 1.55. The van der Waals surface area contributed by atoms with E-state index in [1.54, 1.807) is 53.7 Å². The molecular formula is C18H29NO8. The third kappa shape index (κ3) is 13.3. The second-order valence-electron chi connectivity index (χ2n) is 7.66. The maximum Gasteiger partial charge on any atom is 0.454 e. The number of nitrogens with zero attached hydrogens (tertiary/aromatic N) is 1. The van der Waals surface area contributed by atoms with Gasteiger partial charge in [-0.1, -0.05) is 12.2 Å². The van der Waals surface area contributed by atoms with Crippen molar-refractivity contribution in [1.29, 1.82) is 0 Å². The van der Waals surface area contributed by atoms with Crippen LogP contribution < -0.4 is 0 Å². The Kier molecular flexibility index (Phi) is 9.53. The molecule has 0 atom stereocenters. The van der Waals surface area contributed by atoms with E-state index in [0.29, 0.717) is 6.42 Å². The molecule has 0 fully saturated rings. The molecule has 0 heterocycles. The van der Waals surface area contributed by atoms with Gasteiger partial charge in [0, 0.05) is 6.42 Å². The summed E-state index contributed by atoms with van der Waals surface area (Å²) in [5, 5.41) is 8.68. The molecule has 0 saturated heterocycles. The fourth-order valence-electron chi connectivity index (χ4n) is 1.55. The van der Waals surface area contributed by atoms with Crippen LogP contribution in [-0.4, -0.2) is 45.5 Å². The number of amides is 2. The van der Waals surface area contributed by atoms with Crippen molar-refractivity contribution in [3.05, 3.63) is 12.2 Å². The molecule has 0 aromatic carbocycles. The molecule has 0 radical (unpaired) electrons. The lowest BCUT2D eigenvalue weighted by Gasteiger charge is -2.27. The first kappa shape index (κ1) is 24.4. The summed E-state index contributed by atoms with van der Waals surface area (Å²) in [6.45, 7) is 9.59. The van der Waals surface area contributed by atoms with Gasteiger partial charge in [0.1, 0.15) is 11.2 Å². The lowest BCUT2D eigenvalue weighted by atomic mass is 10.2. The number of carbonyl (C=O) groups excluding carboxylic acids is 3. The number of carbonyl (C=O) groups is 4. The highest BCUT2D eigenvalue weighted by Crippen LogP contribution is 2.15. The second kappa shape index (κ2) is 10.5. The number of carboxylic acid groups (broad SMARTS) is 1. The van der Waals surface area contributed by atoms with Crippen LogP contribution in [0.1, 0.15) is 67.2 Å². The number of hydroxylamine groups is 2. The van der Waals surface area contributed by atoms with E-state index in [-0.39, 0.29) is 24.3 Å². The molecule has 0 aliphatic rings. The van der Waals surface area contributed by atoms with Gasteiger partial charge in [-0.25, -0.2) is 14.4 Å². The highest BCUT2D eigenvalue weighted by atomic mass is 16.8. The first-order valence-electron chi connectivity index (χ1n) is 8.55. The molecule has 2 amide bonds. The van der Waals surface area contributed by atoms with Gasteiger partial charge >= 0.3 is 24.1 Å². The molecule has 9 nitrogen and oxygen atoms in total. The van der Waals surface area contributed by atoms with Gasteiger partial charge in [-0.2, -0.15) is 0 Å². The summed E-state index contributed by atoms with van der Waals surface area (Å²) < 4.78 is 10.1. The van der Waals surface area contributed by atoms with E-state index in [2.05, 4.69) is 0 Å². The van der Waals surface area contributed by atoms with Crippen molar-refractivity contribution in [2.45, 2.75) is 78.4 Å². The third-order valence-electron chi connectivity index (χ3n) is 2.52. The van der Waals surface area contributed by atoms with Crippen LogP contribution in [0.15, 0.2) is 12.2 Å². The summed E-state index contributed by atoms with van der Waals surface area (Å²) in [6, 6.07) is 0. The number of carboxylic acids is 1. The lowest BCUT2D eigenvalue weighted by Crippen LogP contribution is -2.44. The van der Waals surface area contributed by atoms with Crippen LogP contribution in [0.5, 0.6) is 0 Å². The highest BCUT2D eigenvalue weighted by Gasteiger charge is 2.34. The zero-order chi connectivity index (χ0) is 21.3.